The van der Waals surface area contributed by atoms with Crippen LogP contribution in [0.25, 0.3) is 0 Å². The molecule has 0 aromatic heterocycles. The molecule has 2 N–H and O–H groups in total. The zero-order valence-corrected chi connectivity index (χ0v) is 10.8. The van der Waals surface area contributed by atoms with Crippen molar-refractivity contribution in [3.63, 3.8) is 0 Å². The van der Waals surface area contributed by atoms with E-state index in [1.807, 2.05) is 0 Å². The SMILES string of the molecule is COC(=O)c1ccc(CS(=O)[O-])c(C(N)=O)c1Cl. The van der Waals surface area contributed by atoms with Crippen LogP contribution in [0.1, 0.15) is 26.3 Å². The van der Waals surface area contributed by atoms with Crippen molar-refractivity contribution in [2.45, 2.75) is 5.75 Å². The van der Waals surface area contributed by atoms with Gasteiger partial charge in [0.05, 0.1) is 23.3 Å². The molecule has 18 heavy (non-hydrogen) atoms. The van der Waals surface area contributed by atoms with Crippen LogP contribution in [-0.4, -0.2) is 27.7 Å². The second-order valence-electron chi connectivity index (χ2n) is 3.27. The van der Waals surface area contributed by atoms with Crippen molar-refractivity contribution in [3.05, 3.63) is 33.8 Å². The monoisotopic (exact) mass is 290 g/mol. The number of carbonyl (C=O) groups is 2. The third-order valence-corrected chi connectivity index (χ3v) is 3.09. The number of nitrogens with two attached hydrogens (primary N) is 1. The molecule has 0 aliphatic rings. The Morgan fingerprint density at radius 1 is 1.50 bits per heavy atom. The predicted molar refractivity (Wildman–Crippen MR) is 63.9 cm³/mol. The van der Waals surface area contributed by atoms with Gasteiger partial charge in [-0.15, -0.1) is 0 Å². The summed E-state index contributed by atoms with van der Waals surface area (Å²) in [5.41, 5.74) is 5.02. The van der Waals surface area contributed by atoms with Crippen LogP contribution in [-0.2, 0) is 21.6 Å². The topological polar surface area (TPSA) is 110 Å². The van der Waals surface area contributed by atoms with Crippen LogP contribution in [0.4, 0.5) is 0 Å². The lowest BCUT2D eigenvalue weighted by Gasteiger charge is -2.12. The minimum atomic E-state index is -2.40. The van der Waals surface area contributed by atoms with E-state index >= 15 is 0 Å². The molecule has 0 radical (unpaired) electrons. The minimum absolute atomic E-state index is 0.0478. The molecule has 0 fully saturated rings. The number of hydrogen-bond acceptors (Lipinski definition) is 5. The average molecular weight is 291 g/mol. The minimum Gasteiger partial charge on any atom is -0.772 e. The molecular formula is C10H9ClNO5S-. The summed E-state index contributed by atoms with van der Waals surface area (Å²) in [5, 5.41) is -0.211. The number of rotatable bonds is 4. The van der Waals surface area contributed by atoms with Crippen molar-refractivity contribution in [2.24, 2.45) is 5.73 Å². The summed E-state index contributed by atoms with van der Waals surface area (Å²) in [4.78, 5) is 22.6. The fourth-order valence-electron chi connectivity index (χ4n) is 1.40. The Labute approximate surface area is 110 Å². The van der Waals surface area contributed by atoms with E-state index < -0.39 is 28.7 Å². The van der Waals surface area contributed by atoms with E-state index in [2.05, 4.69) is 4.74 Å². The quantitative estimate of drug-likeness (QED) is 0.645. The smallest absolute Gasteiger partial charge is 0.339 e. The molecule has 1 aromatic rings. The van der Waals surface area contributed by atoms with Gasteiger partial charge in [0.2, 0.25) is 0 Å². The van der Waals surface area contributed by atoms with Crippen LogP contribution in [0.2, 0.25) is 5.02 Å². The van der Waals surface area contributed by atoms with E-state index in [1.165, 1.54) is 12.1 Å². The summed E-state index contributed by atoms with van der Waals surface area (Å²) in [5.74, 6) is -2.07. The van der Waals surface area contributed by atoms with Gasteiger partial charge in [0.1, 0.15) is 0 Å². The van der Waals surface area contributed by atoms with E-state index in [-0.39, 0.29) is 21.7 Å². The number of methoxy groups -OCH3 is 1. The van der Waals surface area contributed by atoms with Gasteiger partial charge in [-0.3, -0.25) is 9.00 Å². The molecule has 0 aliphatic carbocycles. The van der Waals surface area contributed by atoms with E-state index in [0.717, 1.165) is 7.11 Å². The van der Waals surface area contributed by atoms with E-state index in [0.29, 0.717) is 0 Å². The first-order valence-corrected chi connectivity index (χ1v) is 6.26. The number of ether oxygens (including phenoxy) is 1. The highest BCUT2D eigenvalue weighted by atomic mass is 35.5. The number of carbonyl (C=O) groups excluding carboxylic acids is 2. The molecular weight excluding hydrogens is 282 g/mol. The van der Waals surface area contributed by atoms with Gasteiger partial charge in [0, 0.05) is 5.75 Å². The van der Waals surface area contributed by atoms with Crippen LogP contribution >= 0.6 is 11.6 Å². The first-order chi connectivity index (χ1) is 8.38. The van der Waals surface area contributed by atoms with Crippen LogP contribution in [0, 0.1) is 0 Å². The molecule has 0 spiro atoms. The Kier molecular flexibility index (Phi) is 4.83. The van der Waals surface area contributed by atoms with Crippen molar-refractivity contribution < 1.29 is 23.1 Å². The lowest BCUT2D eigenvalue weighted by molar-refractivity contribution is 0.0601. The summed E-state index contributed by atoms with van der Waals surface area (Å²) in [6.07, 6.45) is 0. The van der Waals surface area contributed by atoms with E-state index in [9.17, 15) is 18.4 Å². The molecule has 1 aromatic carbocycles. The first kappa shape index (κ1) is 14.6. The summed E-state index contributed by atoms with van der Waals surface area (Å²) in [6, 6.07) is 2.58. The fourth-order valence-corrected chi connectivity index (χ4v) is 2.25. The molecule has 8 heteroatoms. The lowest BCUT2D eigenvalue weighted by Crippen LogP contribution is -2.17. The number of benzene rings is 1. The van der Waals surface area contributed by atoms with Gasteiger partial charge in [0.25, 0.3) is 5.91 Å². The first-order valence-electron chi connectivity index (χ1n) is 4.63. The van der Waals surface area contributed by atoms with Gasteiger partial charge < -0.3 is 15.0 Å². The molecule has 1 atom stereocenters. The Bertz CT molecular complexity index is 531. The van der Waals surface area contributed by atoms with E-state index in [1.54, 1.807) is 0 Å². The molecule has 1 unspecified atom stereocenters. The highest BCUT2D eigenvalue weighted by Crippen LogP contribution is 2.26. The van der Waals surface area contributed by atoms with Crippen LogP contribution in [0.5, 0.6) is 0 Å². The summed E-state index contributed by atoms with van der Waals surface area (Å²) in [6.45, 7) is 0. The molecule has 0 aliphatic heterocycles. The number of amides is 1. The molecule has 0 saturated heterocycles. The summed E-state index contributed by atoms with van der Waals surface area (Å²) < 4.78 is 25.8. The Hall–Kier alpha value is -1.44. The summed E-state index contributed by atoms with van der Waals surface area (Å²) >= 11 is 3.46. The van der Waals surface area contributed by atoms with Gasteiger partial charge in [0.15, 0.2) is 0 Å². The molecule has 0 saturated carbocycles. The van der Waals surface area contributed by atoms with Crippen molar-refractivity contribution in [2.75, 3.05) is 7.11 Å². The molecule has 0 bridgehead atoms. The highest BCUT2D eigenvalue weighted by Gasteiger charge is 2.20. The summed E-state index contributed by atoms with van der Waals surface area (Å²) in [7, 11) is 1.16. The predicted octanol–water partition coefficient (Wildman–Crippen LogP) is 0.605. The zero-order valence-electron chi connectivity index (χ0n) is 9.27. The van der Waals surface area contributed by atoms with Crippen molar-refractivity contribution >= 4 is 34.6 Å². The molecule has 98 valence electrons. The molecule has 1 amide bonds. The van der Waals surface area contributed by atoms with Crippen LogP contribution in [0.15, 0.2) is 12.1 Å². The van der Waals surface area contributed by atoms with Crippen LogP contribution < -0.4 is 5.73 Å². The van der Waals surface area contributed by atoms with E-state index in [4.69, 9.17) is 17.3 Å². The van der Waals surface area contributed by atoms with Crippen molar-refractivity contribution in [1.82, 2.24) is 0 Å². The number of hydrogen-bond donors (Lipinski definition) is 1. The Morgan fingerprint density at radius 2 is 2.11 bits per heavy atom. The second kappa shape index (κ2) is 5.94. The van der Waals surface area contributed by atoms with Gasteiger partial charge in [-0.25, -0.2) is 4.79 Å². The molecule has 6 nitrogen and oxygen atoms in total. The zero-order chi connectivity index (χ0) is 13.9. The largest absolute Gasteiger partial charge is 0.772 e. The van der Waals surface area contributed by atoms with Gasteiger partial charge in [-0.1, -0.05) is 28.7 Å². The van der Waals surface area contributed by atoms with Gasteiger partial charge in [-0.2, -0.15) is 0 Å². The Morgan fingerprint density at radius 3 is 2.56 bits per heavy atom. The van der Waals surface area contributed by atoms with Crippen molar-refractivity contribution in [3.8, 4) is 0 Å². The third kappa shape index (κ3) is 3.06. The maximum absolute atomic E-state index is 11.4. The number of primary amides is 1. The molecule has 0 heterocycles. The maximum atomic E-state index is 11.4. The standard InChI is InChI=1S/C10H10ClNO5S/c1-17-10(14)6-3-2-5(4-18(15)16)7(8(6)11)9(12)13/h2-3H,4H2,1H3,(H2,12,13)(H,15,16)/p-1. The number of halogens is 1. The lowest BCUT2D eigenvalue weighted by atomic mass is 10.0. The number of esters is 1. The fraction of sp³-hybridized carbons (Fsp3) is 0.200. The van der Waals surface area contributed by atoms with Gasteiger partial charge >= 0.3 is 5.97 Å². The third-order valence-electron chi connectivity index (χ3n) is 2.15. The maximum Gasteiger partial charge on any atom is 0.339 e. The average Bonchev–Trinajstić information content (AvgIpc) is 2.27. The second-order valence-corrected chi connectivity index (χ2v) is 4.54. The Balaban J connectivity index is 3.42. The van der Waals surface area contributed by atoms with Crippen molar-refractivity contribution in [1.29, 1.82) is 0 Å². The normalized spacial score (nSPS) is 11.9. The highest BCUT2D eigenvalue weighted by molar-refractivity contribution is 7.78. The molecule has 1 rings (SSSR count). The van der Waals surface area contributed by atoms with Gasteiger partial charge in [-0.05, 0) is 11.6 Å². The van der Waals surface area contributed by atoms with Crippen LogP contribution in [0.3, 0.4) is 0 Å².